The van der Waals surface area contributed by atoms with Crippen LogP contribution in [0.3, 0.4) is 0 Å². The first kappa shape index (κ1) is 12.4. The van der Waals surface area contributed by atoms with Gasteiger partial charge in [0.05, 0.1) is 0 Å². The van der Waals surface area contributed by atoms with Gasteiger partial charge in [0.1, 0.15) is 5.15 Å². The zero-order chi connectivity index (χ0) is 11.3. The Morgan fingerprint density at radius 1 is 1.53 bits per heavy atom. The Bertz CT molecular complexity index is 306. The Kier molecular flexibility index (Phi) is 5.02. The first-order valence-electron chi connectivity index (χ1n) is 5.08. The molecule has 1 aromatic heterocycles. The number of pyridine rings is 1. The molecule has 0 saturated heterocycles. The van der Waals surface area contributed by atoms with E-state index >= 15 is 0 Å². The Hall–Kier alpha value is -0.640. The summed E-state index contributed by atoms with van der Waals surface area (Å²) in [7, 11) is 0. The van der Waals surface area contributed by atoms with Crippen molar-refractivity contribution in [1.29, 1.82) is 0 Å². The summed E-state index contributed by atoms with van der Waals surface area (Å²) in [6.07, 6.45) is 1.67. The van der Waals surface area contributed by atoms with Gasteiger partial charge in [-0.3, -0.25) is 0 Å². The van der Waals surface area contributed by atoms with E-state index in [1.54, 1.807) is 6.20 Å². The third kappa shape index (κ3) is 3.78. The van der Waals surface area contributed by atoms with E-state index < -0.39 is 0 Å². The fourth-order valence-electron chi connectivity index (χ4n) is 1.18. The lowest BCUT2D eigenvalue weighted by Crippen LogP contribution is -2.33. The molecule has 0 aliphatic heterocycles. The molecule has 0 bridgehead atoms. The van der Waals surface area contributed by atoms with Gasteiger partial charge in [0.2, 0.25) is 0 Å². The second kappa shape index (κ2) is 6.05. The molecule has 0 fully saturated rings. The van der Waals surface area contributed by atoms with E-state index in [0.717, 1.165) is 5.56 Å². The number of aliphatic hydroxyl groups excluding tert-OH is 1. The smallest absolute Gasteiger partial charge is 0.133 e. The van der Waals surface area contributed by atoms with Crippen LogP contribution in [0.4, 0.5) is 0 Å². The lowest BCUT2D eigenvalue weighted by Gasteiger charge is -2.19. The van der Waals surface area contributed by atoms with Gasteiger partial charge in [-0.15, -0.1) is 0 Å². The number of nitrogens with one attached hydrogen (secondary N) is 1. The zero-order valence-corrected chi connectivity index (χ0v) is 9.83. The number of halogens is 1. The summed E-state index contributed by atoms with van der Waals surface area (Å²) in [5.41, 5.74) is 0.983. The molecule has 15 heavy (non-hydrogen) atoms. The van der Waals surface area contributed by atoms with E-state index in [1.165, 1.54) is 0 Å². The van der Waals surface area contributed by atoms with Crippen molar-refractivity contribution in [3.63, 3.8) is 0 Å². The van der Waals surface area contributed by atoms with Gasteiger partial charge in [-0.1, -0.05) is 24.6 Å². The summed E-state index contributed by atoms with van der Waals surface area (Å²) >= 11 is 5.92. The molecule has 2 unspecified atom stereocenters. The summed E-state index contributed by atoms with van der Waals surface area (Å²) in [6.45, 7) is 4.92. The van der Waals surface area contributed by atoms with Gasteiger partial charge in [0, 0.05) is 31.0 Å². The van der Waals surface area contributed by atoms with E-state index in [0.29, 0.717) is 11.7 Å². The molecule has 4 heteroatoms. The number of hydrogen-bond acceptors (Lipinski definition) is 3. The van der Waals surface area contributed by atoms with Crippen molar-refractivity contribution in [1.82, 2.24) is 10.3 Å². The number of aromatic nitrogens is 1. The molecule has 84 valence electrons. The maximum atomic E-state index is 8.98. The molecule has 0 radical (unpaired) electrons. The maximum absolute atomic E-state index is 8.98. The van der Waals surface area contributed by atoms with E-state index in [4.69, 9.17) is 16.7 Å². The minimum atomic E-state index is 0.189. The van der Waals surface area contributed by atoms with Crippen molar-refractivity contribution in [2.24, 2.45) is 5.92 Å². The molecule has 1 heterocycles. The molecule has 2 atom stereocenters. The highest BCUT2D eigenvalue weighted by atomic mass is 35.5. The normalized spacial score (nSPS) is 14.9. The van der Waals surface area contributed by atoms with Crippen LogP contribution >= 0.6 is 11.6 Å². The monoisotopic (exact) mass is 228 g/mol. The molecular weight excluding hydrogens is 212 g/mol. The Morgan fingerprint density at radius 3 is 2.87 bits per heavy atom. The average Bonchev–Trinajstić information content (AvgIpc) is 2.26. The average molecular weight is 229 g/mol. The number of nitrogens with zero attached hydrogens (tertiary/aromatic N) is 1. The molecule has 1 aromatic rings. The largest absolute Gasteiger partial charge is 0.396 e. The SMILES string of the molecule is CC(CO)C(C)NCc1cccnc1Cl. The highest BCUT2D eigenvalue weighted by Gasteiger charge is 2.10. The third-order valence-electron chi connectivity index (χ3n) is 2.59. The highest BCUT2D eigenvalue weighted by molar-refractivity contribution is 6.30. The van der Waals surface area contributed by atoms with Crippen LogP contribution in [0.1, 0.15) is 19.4 Å². The molecule has 3 nitrogen and oxygen atoms in total. The topological polar surface area (TPSA) is 45.1 Å². The summed E-state index contributed by atoms with van der Waals surface area (Å²) in [5.74, 6) is 0.237. The predicted octanol–water partition coefficient (Wildman–Crippen LogP) is 1.84. The molecule has 0 aliphatic rings. The first-order chi connectivity index (χ1) is 7.15. The summed E-state index contributed by atoms with van der Waals surface area (Å²) in [5, 5.41) is 12.8. The van der Waals surface area contributed by atoms with Crippen LogP contribution in [-0.2, 0) is 6.54 Å². The van der Waals surface area contributed by atoms with E-state index in [2.05, 4.69) is 10.3 Å². The second-order valence-corrected chi connectivity index (χ2v) is 4.14. The van der Waals surface area contributed by atoms with Crippen LogP contribution in [0.5, 0.6) is 0 Å². The van der Waals surface area contributed by atoms with Crippen LogP contribution in [0.25, 0.3) is 0 Å². The summed E-state index contributed by atoms with van der Waals surface area (Å²) < 4.78 is 0. The minimum absolute atomic E-state index is 0.189. The van der Waals surface area contributed by atoms with Crippen molar-refractivity contribution in [3.8, 4) is 0 Å². The molecule has 0 aromatic carbocycles. The predicted molar refractivity (Wildman–Crippen MR) is 61.8 cm³/mol. The van der Waals surface area contributed by atoms with Gasteiger partial charge >= 0.3 is 0 Å². The van der Waals surface area contributed by atoms with Gasteiger partial charge in [-0.05, 0) is 18.9 Å². The highest BCUT2D eigenvalue weighted by Crippen LogP contribution is 2.11. The van der Waals surface area contributed by atoms with E-state index in [9.17, 15) is 0 Å². The third-order valence-corrected chi connectivity index (χ3v) is 2.93. The van der Waals surface area contributed by atoms with E-state index in [1.807, 2.05) is 26.0 Å². The Balaban J connectivity index is 2.47. The van der Waals surface area contributed by atoms with E-state index in [-0.39, 0.29) is 18.6 Å². The van der Waals surface area contributed by atoms with Gasteiger partial charge in [0.25, 0.3) is 0 Å². The first-order valence-corrected chi connectivity index (χ1v) is 5.46. The maximum Gasteiger partial charge on any atom is 0.133 e. The van der Waals surface area contributed by atoms with Crippen LogP contribution in [0.15, 0.2) is 18.3 Å². The molecule has 1 rings (SSSR count). The van der Waals surface area contributed by atoms with Gasteiger partial charge in [-0.25, -0.2) is 4.98 Å². The molecule has 0 spiro atoms. The lowest BCUT2D eigenvalue weighted by atomic mass is 10.1. The molecule has 2 N–H and O–H groups in total. The van der Waals surface area contributed by atoms with Crippen LogP contribution in [0, 0.1) is 5.92 Å². The lowest BCUT2D eigenvalue weighted by molar-refractivity contribution is 0.207. The fraction of sp³-hybridized carbons (Fsp3) is 0.545. The van der Waals surface area contributed by atoms with Crippen molar-refractivity contribution in [3.05, 3.63) is 29.0 Å². The molecule has 0 amide bonds. The summed E-state index contributed by atoms with van der Waals surface area (Å²) in [6, 6.07) is 4.06. The molecule has 0 saturated carbocycles. The number of rotatable bonds is 5. The van der Waals surface area contributed by atoms with Gasteiger partial charge in [-0.2, -0.15) is 0 Å². The minimum Gasteiger partial charge on any atom is -0.396 e. The molecule has 0 aliphatic carbocycles. The second-order valence-electron chi connectivity index (χ2n) is 3.78. The van der Waals surface area contributed by atoms with Gasteiger partial charge in [0.15, 0.2) is 0 Å². The fourth-order valence-corrected chi connectivity index (χ4v) is 1.37. The van der Waals surface area contributed by atoms with Crippen LogP contribution < -0.4 is 5.32 Å². The standard InChI is InChI=1S/C11H17ClN2O/c1-8(7-15)9(2)14-6-10-4-3-5-13-11(10)12/h3-5,8-9,14-15H,6-7H2,1-2H3. The Labute approximate surface area is 95.5 Å². The van der Waals surface area contributed by atoms with Crippen LogP contribution in [-0.4, -0.2) is 22.7 Å². The number of aliphatic hydroxyl groups is 1. The summed E-state index contributed by atoms with van der Waals surface area (Å²) in [4.78, 5) is 4.00. The quantitative estimate of drug-likeness (QED) is 0.756. The van der Waals surface area contributed by atoms with Gasteiger partial charge < -0.3 is 10.4 Å². The van der Waals surface area contributed by atoms with Crippen molar-refractivity contribution in [2.45, 2.75) is 26.4 Å². The number of hydrogen-bond donors (Lipinski definition) is 2. The molecular formula is C11H17ClN2O. The van der Waals surface area contributed by atoms with Crippen LogP contribution in [0.2, 0.25) is 5.15 Å². The Morgan fingerprint density at radius 2 is 2.27 bits per heavy atom. The zero-order valence-electron chi connectivity index (χ0n) is 9.07. The van der Waals surface area contributed by atoms with Crippen molar-refractivity contribution in [2.75, 3.05) is 6.61 Å². The van der Waals surface area contributed by atoms with Crippen molar-refractivity contribution < 1.29 is 5.11 Å². The van der Waals surface area contributed by atoms with Crippen molar-refractivity contribution >= 4 is 11.6 Å².